The van der Waals surface area contributed by atoms with Crippen LogP contribution in [0.5, 0.6) is 5.75 Å². The number of azo groups is 1. The summed E-state index contributed by atoms with van der Waals surface area (Å²) in [4.78, 5) is 11.3. The molecule has 2 aromatic rings. The van der Waals surface area contributed by atoms with E-state index in [1.807, 2.05) is 13.0 Å². The fraction of sp³-hybridized carbons (Fsp3) is 0.188. The molecule has 0 fully saturated rings. The van der Waals surface area contributed by atoms with Crippen molar-refractivity contribution in [1.29, 1.82) is 0 Å². The number of hydrogen-bond donors (Lipinski definition) is 1. The minimum absolute atomic E-state index is 0.0159. The first-order chi connectivity index (χ1) is 9.60. The van der Waals surface area contributed by atoms with Crippen molar-refractivity contribution in [3.8, 4) is 5.75 Å². The average molecular weight is 268 g/mol. The molecule has 0 aliphatic rings. The Morgan fingerprint density at radius 2 is 1.95 bits per heavy atom. The van der Waals surface area contributed by atoms with Crippen LogP contribution in [0.3, 0.4) is 0 Å². The van der Waals surface area contributed by atoms with E-state index in [1.165, 1.54) is 6.92 Å². The number of carbonyl (C=O) groups excluding carboxylic acids is 1. The van der Waals surface area contributed by atoms with Gasteiger partial charge in [-0.3, -0.25) is 4.79 Å². The molecular formula is C16H16N2O2. The molecule has 0 heterocycles. The largest absolute Gasteiger partial charge is 0.506 e. The Hall–Kier alpha value is -2.49. The zero-order valence-corrected chi connectivity index (χ0v) is 11.5. The number of benzene rings is 2. The van der Waals surface area contributed by atoms with Crippen molar-refractivity contribution >= 4 is 17.2 Å². The number of ketones is 1. The summed E-state index contributed by atoms with van der Waals surface area (Å²) in [6.45, 7) is 3.54. The second-order valence-electron chi connectivity index (χ2n) is 4.48. The van der Waals surface area contributed by atoms with E-state index < -0.39 is 0 Å². The quantitative estimate of drug-likeness (QED) is 0.652. The van der Waals surface area contributed by atoms with Gasteiger partial charge in [-0.1, -0.05) is 25.1 Å². The first-order valence-electron chi connectivity index (χ1n) is 6.45. The van der Waals surface area contributed by atoms with Gasteiger partial charge >= 0.3 is 0 Å². The average Bonchev–Trinajstić information content (AvgIpc) is 2.46. The second kappa shape index (κ2) is 6.10. The monoisotopic (exact) mass is 268 g/mol. The number of phenols is 1. The van der Waals surface area contributed by atoms with E-state index in [0.29, 0.717) is 16.9 Å². The number of hydrogen-bond acceptors (Lipinski definition) is 4. The SMILES string of the molecule is CCc1ccc(O)c(N=Nc2cccc(C(C)=O)c2)c1. The van der Waals surface area contributed by atoms with Gasteiger partial charge in [0, 0.05) is 5.56 Å². The van der Waals surface area contributed by atoms with Crippen molar-refractivity contribution in [2.45, 2.75) is 20.3 Å². The molecule has 2 aromatic carbocycles. The summed E-state index contributed by atoms with van der Waals surface area (Å²) in [6.07, 6.45) is 0.864. The molecule has 0 radical (unpaired) electrons. The summed E-state index contributed by atoms with van der Waals surface area (Å²) in [5, 5.41) is 17.9. The molecule has 1 N–H and O–H groups in total. The standard InChI is InChI=1S/C16H16N2O2/c1-3-12-7-8-16(20)15(9-12)18-17-14-6-4-5-13(10-14)11(2)19/h4-10,20H,3H2,1-2H3. The summed E-state index contributed by atoms with van der Waals surface area (Å²) in [6, 6.07) is 12.2. The molecule has 0 aliphatic heterocycles. The topological polar surface area (TPSA) is 62.0 Å². The maximum Gasteiger partial charge on any atom is 0.159 e. The van der Waals surface area contributed by atoms with E-state index in [-0.39, 0.29) is 11.5 Å². The zero-order chi connectivity index (χ0) is 14.5. The molecule has 0 amide bonds. The van der Waals surface area contributed by atoms with Crippen LogP contribution in [-0.2, 0) is 6.42 Å². The third-order valence-electron chi connectivity index (χ3n) is 2.97. The molecule has 102 valence electrons. The van der Waals surface area contributed by atoms with Crippen LogP contribution >= 0.6 is 0 Å². The molecule has 0 unspecified atom stereocenters. The minimum atomic E-state index is -0.0159. The van der Waals surface area contributed by atoms with Gasteiger partial charge in [-0.25, -0.2) is 0 Å². The van der Waals surface area contributed by atoms with Gasteiger partial charge in [0.25, 0.3) is 0 Å². The smallest absolute Gasteiger partial charge is 0.159 e. The fourth-order valence-electron chi connectivity index (χ4n) is 1.77. The molecule has 0 bridgehead atoms. The van der Waals surface area contributed by atoms with Gasteiger partial charge in [0.05, 0.1) is 5.69 Å². The fourth-order valence-corrected chi connectivity index (χ4v) is 1.77. The summed E-state index contributed by atoms with van der Waals surface area (Å²) in [5.41, 5.74) is 2.68. The van der Waals surface area contributed by atoms with Crippen LogP contribution in [0.25, 0.3) is 0 Å². The van der Waals surface area contributed by atoms with E-state index in [0.717, 1.165) is 12.0 Å². The van der Waals surface area contributed by atoms with E-state index in [1.54, 1.807) is 36.4 Å². The highest BCUT2D eigenvalue weighted by molar-refractivity contribution is 5.94. The van der Waals surface area contributed by atoms with Crippen molar-refractivity contribution < 1.29 is 9.90 Å². The van der Waals surface area contributed by atoms with E-state index >= 15 is 0 Å². The number of phenolic OH excluding ortho intramolecular Hbond substituents is 1. The Morgan fingerprint density at radius 1 is 1.15 bits per heavy atom. The predicted molar refractivity (Wildman–Crippen MR) is 78.1 cm³/mol. The number of rotatable bonds is 4. The van der Waals surface area contributed by atoms with E-state index in [9.17, 15) is 9.90 Å². The van der Waals surface area contributed by atoms with Crippen LogP contribution < -0.4 is 0 Å². The zero-order valence-electron chi connectivity index (χ0n) is 11.5. The van der Waals surface area contributed by atoms with Crippen molar-refractivity contribution in [2.24, 2.45) is 10.2 Å². The van der Waals surface area contributed by atoms with Gasteiger partial charge in [-0.2, -0.15) is 5.11 Å². The normalized spacial score (nSPS) is 10.9. The number of Topliss-reactive ketones (excluding diaryl/α,β-unsaturated/α-hetero) is 1. The lowest BCUT2D eigenvalue weighted by Crippen LogP contribution is -1.89. The molecule has 0 spiro atoms. The number of carbonyl (C=O) groups is 1. The Bertz CT molecular complexity index is 663. The van der Waals surface area contributed by atoms with Gasteiger partial charge in [0.1, 0.15) is 11.4 Å². The van der Waals surface area contributed by atoms with Crippen LogP contribution in [0.1, 0.15) is 29.8 Å². The summed E-state index contributed by atoms with van der Waals surface area (Å²) in [7, 11) is 0. The third kappa shape index (κ3) is 3.29. The first-order valence-corrected chi connectivity index (χ1v) is 6.45. The van der Waals surface area contributed by atoms with Crippen LogP contribution in [0.2, 0.25) is 0 Å². The maximum atomic E-state index is 11.3. The van der Waals surface area contributed by atoms with Crippen LogP contribution in [0.15, 0.2) is 52.7 Å². The molecular weight excluding hydrogens is 252 g/mol. The van der Waals surface area contributed by atoms with Crippen LogP contribution in [0, 0.1) is 0 Å². The van der Waals surface area contributed by atoms with Gasteiger partial charge < -0.3 is 5.11 Å². The van der Waals surface area contributed by atoms with Gasteiger partial charge in [-0.15, -0.1) is 5.11 Å². The molecule has 0 saturated carbocycles. The third-order valence-corrected chi connectivity index (χ3v) is 2.97. The Morgan fingerprint density at radius 3 is 2.65 bits per heavy atom. The van der Waals surface area contributed by atoms with E-state index in [2.05, 4.69) is 10.2 Å². The number of nitrogens with zero attached hydrogens (tertiary/aromatic N) is 2. The van der Waals surface area contributed by atoms with Crippen molar-refractivity contribution in [1.82, 2.24) is 0 Å². The molecule has 20 heavy (non-hydrogen) atoms. The maximum absolute atomic E-state index is 11.3. The lowest BCUT2D eigenvalue weighted by Gasteiger charge is -2.01. The van der Waals surface area contributed by atoms with Crippen LogP contribution in [-0.4, -0.2) is 10.9 Å². The lowest BCUT2D eigenvalue weighted by molar-refractivity contribution is 0.101. The highest BCUT2D eigenvalue weighted by Crippen LogP contribution is 2.29. The molecule has 0 saturated heterocycles. The highest BCUT2D eigenvalue weighted by atomic mass is 16.3. The van der Waals surface area contributed by atoms with Gasteiger partial charge in [0.2, 0.25) is 0 Å². The van der Waals surface area contributed by atoms with E-state index in [4.69, 9.17) is 0 Å². The van der Waals surface area contributed by atoms with Gasteiger partial charge in [-0.05, 0) is 43.2 Å². The highest BCUT2D eigenvalue weighted by Gasteiger charge is 2.02. The van der Waals surface area contributed by atoms with Crippen molar-refractivity contribution in [2.75, 3.05) is 0 Å². The molecule has 4 heteroatoms. The second-order valence-corrected chi connectivity index (χ2v) is 4.48. The Balaban J connectivity index is 2.29. The van der Waals surface area contributed by atoms with Crippen LogP contribution in [0.4, 0.5) is 11.4 Å². The Labute approximate surface area is 117 Å². The molecule has 0 aromatic heterocycles. The molecule has 4 nitrogen and oxygen atoms in total. The number of aromatic hydroxyl groups is 1. The minimum Gasteiger partial charge on any atom is -0.506 e. The van der Waals surface area contributed by atoms with Gasteiger partial charge in [0.15, 0.2) is 5.78 Å². The Kier molecular flexibility index (Phi) is 4.25. The van der Waals surface area contributed by atoms with Crippen molar-refractivity contribution in [3.63, 3.8) is 0 Å². The predicted octanol–water partition coefficient (Wildman–Crippen LogP) is 4.57. The summed E-state index contributed by atoms with van der Waals surface area (Å²) in [5.74, 6) is 0.0755. The number of aryl methyl sites for hydroxylation is 1. The lowest BCUT2D eigenvalue weighted by atomic mass is 10.1. The summed E-state index contributed by atoms with van der Waals surface area (Å²) >= 11 is 0. The first kappa shape index (κ1) is 13.9. The summed E-state index contributed by atoms with van der Waals surface area (Å²) < 4.78 is 0. The molecule has 0 atom stereocenters. The molecule has 0 aliphatic carbocycles. The van der Waals surface area contributed by atoms with Crippen molar-refractivity contribution in [3.05, 3.63) is 53.6 Å². The molecule has 2 rings (SSSR count).